The van der Waals surface area contributed by atoms with Crippen molar-refractivity contribution in [3.05, 3.63) is 41.6 Å². The first kappa shape index (κ1) is 14.5. The predicted octanol–water partition coefficient (Wildman–Crippen LogP) is 4.60. The zero-order valence-corrected chi connectivity index (χ0v) is 13.2. The molecule has 0 radical (unpaired) electrons. The summed E-state index contributed by atoms with van der Waals surface area (Å²) in [6.45, 7) is 5.41. The molecule has 1 saturated carbocycles. The first-order chi connectivity index (χ1) is 10.2. The maximum absolute atomic E-state index is 4.57. The normalized spacial score (nSPS) is 23.1. The number of pyridine rings is 1. The van der Waals surface area contributed by atoms with Gasteiger partial charge in [0.2, 0.25) is 0 Å². The molecule has 1 aliphatic carbocycles. The number of fused-ring (bicyclic) bond motifs is 1. The first-order valence-corrected chi connectivity index (χ1v) is 8.32. The average molecular weight is 282 g/mol. The fraction of sp³-hybridized carbons (Fsp3) is 0.526. The van der Waals surface area contributed by atoms with Crippen molar-refractivity contribution in [2.24, 2.45) is 5.92 Å². The maximum Gasteiger partial charge on any atom is 0.0705 e. The summed E-state index contributed by atoms with van der Waals surface area (Å²) in [5.41, 5.74) is 3.55. The molecule has 1 aromatic heterocycles. The number of hydrogen-bond acceptors (Lipinski definition) is 2. The van der Waals surface area contributed by atoms with Gasteiger partial charge in [0.1, 0.15) is 0 Å². The molecule has 2 aromatic rings. The van der Waals surface area contributed by atoms with Crippen LogP contribution in [0.1, 0.15) is 50.3 Å². The molecule has 0 spiro atoms. The Hall–Kier alpha value is -1.41. The molecule has 0 saturated heterocycles. The number of rotatable bonds is 3. The number of nitrogens with zero attached hydrogens (tertiary/aromatic N) is 1. The maximum atomic E-state index is 4.57. The average Bonchev–Trinajstić information content (AvgIpc) is 2.69. The molecule has 0 aliphatic heterocycles. The summed E-state index contributed by atoms with van der Waals surface area (Å²) in [4.78, 5) is 4.57. The lowest BCUT2D eigenvalue weighted by Gasteiger charge is -2.23. The van der Waals surface area contributed by atoms with E-state index in [9.17, 15) is 0 Å². The highest BCUT2D eigenvalue weighted by molar-refractivity contribution is 5.79. The molecular weight excluding hydrogens is 256 g/mol. The van der Waals surface area contributed by atoms with Gasteiger partial charge in [0.05, 0.1) is 5.52 Å². The third kappa shape index (κ3) is 3.62. The predicted molar refractivity (Wildman–Crippen MR) is 89.4 cm³/mol. The van der Waals surface area contributed by atoms with Gasteiger partial charge in [0.25, 0.3) is 0 Å². The molecule has 1 N–H and O–H groups in total. The molecule has 0 amide bonds. The van der Waals surface area contributed by atoms with E-state index in [1.165, 1.54) is 43.1 Å². The standard InChI is InChI=1S/C19H26N2/c1-14-6-4-3-5-7-18(14)20-13-16-9-11-19-17(12-16)10-8-15(2)21-19/h8-12,14,18,20H,3-7,13H2,1-2H3. The van der Waals surface area contributed by atoms with Crippen LogP contribution in [0.3, 0.4) is 0 Å². The van der Waals surface area contributed by atoms with E-state index in [2.05, 4.69) is 47.6 Å². The summed E-state index contributed by atoms with van der Waals surface area (Å²) in [5, 5.41) is 5.03. The number of aromatic nitrogens is 1. The lowest BCUT2D eigenvalue weighted by Crippen LogP contribution is -2.33. The minimum Gasteiger partial charge on any atom is -0.310 e. The third-order valence-corrected chi connectivity index (χ3v) is 4.82. The molecule has 1 aliphatic rings. The molecule has 0 bridgehead atoms. The number of hydrogen-bond donors (Lipinski definition) is 1. The summed E-state index contributed by atoms with van der Waals surface area (Å²) in [5.74, 6) is 0.803. The zero-order valence-electron chi connectivity index (χ0n) is 13.2. The quantitative estimate of drug-likeness (QED) is 0.832. The van der Waals surface area contributed by atoms with Crippen LogP contribution < -0.4 is 5.32 Å². The zero-order chi connectivity index (χ0) is 14.7. The lowest BCUT2D eigenvalue weighted by molar-refractivity contribution is 0.356. The van der Waals surface area contributed by atoms with Crippen molar-refractivity contribution in [3.63, 3.8) is 0 Å². The van der Waals surface area contributed by atoms with E-state index in [0.717, 1.165) is 23.7 Å². The van der Waals surface area contributed by atoms with Gasteiger partial charge in [-0.1, -0.05) is 38.3 Å². The molecule has 2 unspecified atom stereocenters. The fourth-order valence-corrected chi connectivity index (χ4v) is 3.43. The molecule has 1 aromatic carbocycles. The largest absolute Gasteiger partial charge is 0.310 e. The van der Waals surface area contributed by atoms with Crippen molar-refractivity contribution in [2.45, 2.75) is 58.5 Å². The topological polar surface area (TPSA) is 24.9 Å². The number of aryl methyl sites for hydroxylation is 1. The second-order valence-corrected chi connectivity index (χ2v) is 6.58. The highest BCUT2D eigenvalue weighted by atomic mass is 14.9. The number of nitrogens with one attached hydrogen (secondary N) is 1. The van der Waals surface area contributed by atoms with Crippen LogP contribution in [0, 0.1) is 12.8 Å². The molecule has 1 heterocycles. The Morgan fingerprint density at radius 1 is 1.10 bits per heavy atom. The Morgan fingerprint density at radius 2 is 1.95 bits per heavy atom. The molecule has 3 rings (SSSR count). The van der Waals surface area contributed by atoms with E-state index in [-0.39, 0.29) is 0 Å². The van der Waals surface area contributed by atoms with Crippen LogP contribution in [0.15, 0.2) is 30.3 Å². The van der Waals surface area contributed by atoms with Gasteiger partial charge in [-0.2, -0.15) is 0 Å². The molecule has 2 heteroatoms. The van der Waals surface area contributed by atoms with Crippen LogP contribution in [0.5, 0.6) is 0 Å². The molecule has 2 nitrogen and oxygen atoms in total. The summed E-state index contributed by atoms with van der Waals surface area (Å²) in [7, 11) is 0. The van der Waals surface area contributed by atoms with Gasteiger partial charge in [-0.3, -0.25) is 4.98 Å². The van der Waals surface area contributed by atoms with Gasteiger partial charge >= 0.3 is 0 Å². The van der Waals surface area contributed by atoms with Gasteiger partial charge in [-0.25, -0.2) is 0 Å². The Labute approximate surface area is 128 Å². The fourth-order valence-electron chi connectivity index (χ4n) is 3.43. The van der Waals surface area contributed by atoms with Crippen molar-refractivity contribution < 1.29 is 0 Å². The molecule has 1 fully saturated rings. The second kappa shape index (κ2) is 6.57. The SMILES string of the molecule is Cc1ccc2cc(CNC3CCCCCC3C)ccc2n1. The van der Waals surface area contributed by atoms with E-state index in [0.29, 0.717) is 6.04 Å². The lowest BCUT2D eigenvalue weighted by atomic mass is 9.96. The minimum absolute atomic E-state index is 0.680. The van der Waals surface area contributed by atoms with Crippen molar-refractivity contribution in [1.29, 1.82) is 0 Å². The van der Waals surface area contributed by atoms with Gasteiger partial charge in [-0.15, -0.1) is 0 Å². The van der Waals surface area contributed by atoms with E-state index < -0.39 is 0 Å². The molecule has 21 heavy (non-hydrogen) atoms. The first-order valence-electron chi connectivity index (χ1n) is 8.32. The highest BCUT2D eigenvalue weighted by Crippen LogP contribution is 2.23. The third-order valence-electron chi connectivity index (χ3n) is 4.82. The van der Waals surface area contributed by atoms with Gasteiger partial charge in [-0.05, 0) is 49.4 Å². The Kier molecular flexibility index (Phi) is 4.54. The van der Waals surface area contributed by atoms with Crippen LogP contribution in [-0.2, 0) is 6.54 Å². The Morgan fingerprint density at radius 3 is 2.86 bits per heavy atom. The van der Waals surface area contributed by atoms with E-state index in [4.69, 9.17) is 0 Å². The Balaban J connectivity index is 1.68. The van der Waals surface area contributed by atoms with Crippen LogP contribution in [0.25, 0.3) is 10.9 Å². The van der Waals surface area contributed by atoms with Gasteiger partial charge in [0, 0.05) is 23.7 Å². The van der Waals surface area contributed by atoms with Crippen molar-refractivity contribution in [1.82, 2.24) is 10.3 Å². The Bertz CT molecular complexity index is 606. The number of benzene rings is 1. The van der Waals surface area contributed by atoms with Gasteiger partial charge in [0.15, 0.2) is 0 Å². The summed E-state index contributed by atoms with van der Waals surface area (Å²) in [6, 6.07) is 11.6. The molecule has 2 atom stereocenters. The van der Waals surface area contributed by atoms with Crippen molar-refractivity contribution >= 4 is 10.9 Å². The summed E-state index contributed by atoms with van der Waals surface area (Å²) in [6.07, 6.45) is 6.89. The van der Waals surface area contributed by atoms with Crippen LogP contribution in [-0.4, -0.2) is 11.0 Å². The van der Waals surface area contributed by atoms with E-state index in [1.807, 2.05) is 6.92 Å². The monoisotopic (exact) mass is 282 g/mol. The van der Waals surface area contributed by atoms with E-state index in [1.54, 1.807) is 0 Å². The van der Waals surface area contributed by atoms with E-state index >= 15 is 0 Å². The van der Waals surface area contributed by atoms with Crippen LogP contribution in [0.2, 0.25) is 0 Å². The van der Waals surface area contributed by atoms with Crippen molar-refractivity contribution in [2.75, 3.05) is 0 Å². The van der Waals surface area contributed by atoms with Gasteiger partial charge < -0.3 is 5.32 Å². The summed E-state index contributed by atoms with van der Waals surface area (Å²) >= 11 is 0. The molecular formula is C19H26N2. The smallest absolute Gasteiger partial charge is 0.0705 e. The van der Waals surface area contributed by atoms with Crippen LogP contribution in [0.4, 0.5) is 0 Å². The summed E-state index contributed by atoms with van der Waals surface area (Å²) < 4.78 is 0. The second-order valence-electron chi connectivity index (χ2n) is 6.58. The highest BCUT2D eigenvalue weighted by Gasteiger charge is 2.19. The molecule has 112 valence electrons. The van der Waals surface area contributed by atoms with Crippen molar-refractivity contribution in [3.8, 4) is 0 Å². The van der Waals surface area contributed by atoms with Crippen LogP contribution >= 0.6 is 0 Å². The minimum atomic E-state index is 0.680.